The lowest BCUT2D eigenvalue weighted by atomic mass is 9.88. The van der Waals surface area contributed by atoms with Crippen LogP contribution in [0.4, 0.5) is 0 Å². The lowest BCUT2D eigenvalue weighted by molar-refractivity contribution is 0.895. The molecular formula is C51H38N4. The monoisotopic (exact) mass is 706 g/mol. The van der Waals surface area contributed by atoms with Gasteiger partial charge in [-0.2, -0.15) is 0 Å². The minimum absolute atomic E-state index is 0.947. The van der Waals surface area contributed by atoms with Gasteiger partial charge in [0.2, 0.25) is 0 Å². The van der Waals surface area contributed by atoms with Gasteiger partial charge in [0.25, 0.3) is 0 Å². The molecule has 1 aliphatic carbocycles. The highest BCUT2D eigenvalue weighted by Gasteiger charge is 2.23. The van der Waals surface area contributed by atoms with Gasteiger partial charge in [0, 0.05) is 56.4 Å². The Morgan fingerprint density at radius 1 is 0.436 bits per heavy atom. The summed E-state index contributed by atoms with van der Waals surface area (Å²) < 4.78 is 5.00. The Morgan fingerprint density at radius 2 is 0.982 bits per heavy atom. The number of aromatic nitrogens is 4. The maximum atomic E-state index is 4.72. The Kier molecular flexibility index (Phi) is 7.31. The van der Waals surface area contributed by atoms with Crippen molar-refractivity contribution in [1.82, 2.24) is 19.1 Å². The van der Waals surface area contributed by atoms with E-state index in [-0.39, 0.29) is 0 Å². The summed E-state index contributed by atoms with van der Waals surface area (Å²) in [7, 11) is 0. The standard InChI is InChI=1S/C51H38N4/c1-33-35-19-20-38-28-34(29-44-42-31-36(46-16-8-10-26-52-46)21-24-48(42)54(50(38)44)39-12-4-2-5-13-39)18-23-41(33)51-45(30-35)43-32-37(47-17-9-11-27-53-47)22-25-49(43)55(51)40-14-6-3-7-15-40/h2-17,21-22,24-32H,18-20,23H2,1H3. The Hall–Kier alpha value is -6.78. The van der Waals surface area contributed by atoms with Crippen LogP contribution in [0, 0.1) is 6.92 Å². The van der Waals surface area contributed by atoms with E-state index in [1.54, 1.807) is 0 Å². The van der Waals surface area contributed by atoms with Gasteiger partial charge in [-0.3, -0.25) is 9.97 Å². The zero-order chi connectivity index (χ0) is 36.5. The molecule has 0 radical (unpaired) electrons. The molecule has 11 rings (SSSR count). The van der Waals surface area contributed by atoms with Crippen LogP contribution < -0.4 is 0 Å². The second-order valence-corrected chi connectivity index (χ2v) is 14.9. The predicted octanol–water partition coefficient (Wildman–Crippen LogP) is 12.2. The van der Waals surface area contributed by atoms with Crippen molar-refractivity contribution < 1.29 is 0 Å². The largest absolute Gasteiger partial charge is 0.309 e. The van der Waals surface area contributed by atoms with Crippen LogP contribution in [0.5, 0.6) is 0 Å². The molecule has 0 saturated heterocycles. The summed E-state index contributed by atoms with van der Waals surface area (Å²) in [5.74, 6) is 0. The Morgan fingerprint density at radius 3 is 1.56 bits per heavy atom. The van der Waals surface area contributed by atoms with Crippen LogP contribution >= 0.6 is 0 Å². The molecule has 0 saturated carbocycles. The Bertz CT molecular complexity index is 3070. The minimum atomic E-state index is 0.947. The lowest BCUT2D eigenvalue weighted by Gasteiger charge is -2.20. The van der Waals surface area contributed by atoms with Crippen molar-refractivity contribution in [2.75, 3.05) is 0 Å². The van der Waals surface area contributed by atoms with E-state index in [0.29, 0.717) is 0 Å². The molecule has 0 unspecified atom stereocenters. The highest BCUT2D eigenvalue weighted by Crippen LogP contribution is 2.42. The molecule has 0 N–H and O–H groups in total. The molecule has 4 nitrogen and oxygen atoms in total. The molecule has 0 aliphatic heterocycles. The molecule has 6 aromatic carbocycles. The number of fused-ring (bicyclic) bond motifs is 12. The minimum Gasteiger partial charge on any atom is -0.309 e. The second-order valence-electron chi connectivity index (χ2n) is 14.9. The third-order valence-corrected chi connectivity index (χ3v) is 11.8. The van der Waals surface area contributed by atoms with Gasteiger partial charge in [-0.15, -0.1) is 0 Å². The number of hydrogen-bond donors (Lipinski definition) is 0. The molecule has 4 heterocycles. The van der Waals surface area contributed by atoms with E-state index in [9.17, 15) is 0 Å². The second kappa shape index (κ2) is 12.7. The van der Waals surface area contributed by atoms with Crippen LogP contribution in [-0.4, -0.2) is 19.1 Å². The van der Waals surface area contributed by atoms with Gasteiger partial charge in [-0.25, -0.2) is 0 Å². The topological polar surface area (TPSA) is 35.6 Å². The Balaban J connectivity index is 1.14. The maximum Gasteiger partial charge on any atom is 0.0702 e. The van der Waals surface area contributed by atoms with Gasteiger partial charge in [-0.05, 0) is 145 Å². The molecule has 10 aromatic rings. The molecule has 0 atom stereocenters. The van der Waals surface area contributed by atoms with Crippen molar-refractivity contribution in [3.05, 3.63) is 192 Å². The molecular weight excluding hydrogens is 669 g/mol. The van der Waals surface area contributed by atoms with Crippen molar-refractivity contribution in [3.63, 3.8) is 0 Å². The van der Waals surface area contributed by atoms with E-state index in [4.69, 9.17) is 9.97 Å². The van der Waals surface area contributed by atoms with Gasteiger partial charge in [0.05, 0.1) is 33.5 Å². The molecule has 0 fully saturated rings. The predicted molar refractivity (Wildman–Crippen MR) is 228 cm³/mol. The van der Waals surface area contributed by atoms with E-state index < -0.39 is 0 Å². The summed E-state index contributed by atoms with van der Waals surface area (Å²) >= 11 is 0. The molecule has 0 amide bonds. The van der Waals surface area contributed by atoms with Gasteiger partial charge in [0.1, 0.15) is 0 Å². The number of aryl methyl sites for hydroxylation is 4. The highest BCUT2D eigenvalue weighted by atomic mass is 15.0. The summed E-state index contributed by atoms with van der Waals surface area (Å²) in [5, 5.41) is 5.18. The fraction of sp³-hybridized carbons (Fsp3) is 0.0980. The van der Waals surface area contributed by atoms with E-state index in [1.165, 1.54) is 82.8 Å². The van der Waals surface area contributed by atoms with Crippen molar-refractivity contribution >= 4 is 43.6 Å². The number of para-hydroxylation sites is 2. The van der Waals surface area contributed by atoms with Crippen LogP contribution in [0.15, 0.2) is 164 Å². The number of nitrogens with zero attached hydrogens (tertiary/aromatic N) is 4. The normalized spacial score (nSPS) is 12.9. The van der Waals surface area contributed by atoms with Gasteiger partial charge < -0.3 is 9.13 Å². The average Bonchev–Trinajstić information content (AvgIpc) is 3.75. The van der Waals surface area contributed by atoms with Crippen LogP contribution in [0.2, 0.25) is 0 Å². The molecule has 4 aromatic heterocycles. The average molecular weight is 707 g/mol. The molecule has 0 spiro atoms. The van der Waals surface area contributed by atoms with Crippen LogP contribution in [-0.2, 0) is 25.7 Å². The Labute approximate surface area is 320 Å². The molecule has 55 heavy (non-hydrogen) atoms. The summed E-state index contributed by atoms with van der Waals surface area (Å²) in [4.78, 5) is 9.43. The summed E-state index contributed by atoms with van der Waals surface area (Å²) in [5.41, 5.74) is 18.8. The fourth-order valence-electron chi connectivity index (χ4n) is 9.23. The van der Waals surface area contributed by atoms with Crippen molar-refractivity contribution in [1.29, 1.82) is 0 Å². The van der Waals surface area contributed by atoms with E-state index in [1.807, 2.05) is 24.5 Å². The third-order valence-electron chi connectivity index (χ3n) is 11.8. The quantitative estimate of drug-likeness (QED) is 0.183. The zero-order valence-corrected chi connectivity index (χ0v) is 30.7. The number of pyridine rings is 2. The first-order valence-electron chi connectivity index (χ1n) is 19.3. The van der Waals surface area contributed by atoms with Gasteiger partial charge in [0.15, 0.2) is 0 Å². The van der Waals surface area contributed by atoms with Crippen molar-refractivity contribution in [2.24, 2.45) is 0 Å². The summed E-state index contributed by atoms with van der Waals surface area (Å²) in [6.45, 7) is 2.36. The summed E-state index contributed by atoms with van der Waals surface area (Å²) in [6, 6.07) is 55.3. The number of hydrogen-bond acceptors (Lipinski definition) is 2. The lowest BCUT2D eigenvalue weighted by Crippen LogP contribution is -2.07. The van der Waals surface area contributed by atoms with Crippen molar-refractivity contribution in [2.45, 2.75) is 32.6 Å². The third kappa shape index (κ3) is 5.13. The first-order valence-corrected chi connectivity index (χ1v) is 19.3. The fourth-order valence-corrected chi connectivity index (χ4v) is 9.23. The maximum absolute atomic E-state index is 4.72. The smallest absolute Gasteiger partial charge is 0.0702 e. The van der Waals surface area contributed by atoms with E-state index in [2.05, 4.69) is 156 Å². The van der Waals surface area contributed by atoms with E-state index >= 15 is 0 Å². The SMILES string of the molecule is Cc1c2cc3c4cc(-c5ccccn5)ccc4n(-c4ccccc4)c3c1CCc1cc(c3c(c1)c1cc(-c4ccccn4)ccc1n3-c1ccccc1)CC2. The van der Waals surface area contributed by atoms with Crippen molar-refractivity contribution in [3.8, 4) is 33.9 Å². The molecule has 4 bridgehead atoms. The van der Waals surface area contributed by atoms with Gasteiger partial charge in [-0.1, -0.05) is 66.7 Å². The molecule has 262 valence electrons. The first-order chi connectivity index (χ1) is 27.2. The molecule has 1 aliphatic rings. The number of rotatable bonds is 4. The van der Waals surface area contributed by atoms with Crippen LogP contribution in [0.25, 0.3) is 77.5 Å². The van der Waals surface area contributed by atoms with Crippen LogP contribution in [0.3, 0.4) is 0 Å². The number of benzene rings is 6. The zero-order valence-electron chi connectivity index (χ0n) is 30.7. The summed E-state index contributed by atoms with van der Waals surface area (Å²) in [6.07, 6.45) is 7.58. The van der Waals surface area contributed by atoms with E-state index in [0.717, 1.165) is 48.2 Å². The van der Waals surface area contributed by atoms with Crippen LogP contribution in [0.1, 0.15) is 27.8 Å². The molecule has 4 heteroatoms. The highest BCUT2D eigenvalue weighted by molar-refractivity contribution is 6.13. The van der Waals surface area contributed by atoms with Gasteiger partial charge >= 0.3 is 0 Å². The first kappa shape index (κ1) is 31.7.